The van der Waals surface area contributed by atoms with E-state index in [2.05, 4.69) is 35.4 Å². The first-order valence-corrected chi connectivity index (χ1v) is 5.76. The van der Waals surface area contributed by atoms with Gasteiger partial charge in [0.15, 0.2) is 0 Å². The summed E-state index contributed by atoms with van der Waals surface area (Å²) in [5.74, 6) is 0. The van der Waals surface area contributed by atoms with Gasteiger partial charge in [0.25, 0.3) is 0 Å². The van der Waals surface area contributed by atoms with Gasteiger partial charge in [-0.05, 0) is 37.7 Å². The van der Waals surface area contributed by atoms with Crippen molar-refractivity contribution in [2.75, 3.05) is 7.05 Å². The molecule has 1 unspecified atom stereocenters. The SMILES string of the molecule is CNC(c1cccnc1)c1ccc(C)s1. The van der Waals surface area contributed by atoms with Crippen molar-refractivity contribution < 1.29 is 0 Å². The molecule has 0 aliphatic carbocycles. The summed E-state index contributed by atoms with van der Waals surface area (Å²) in [5, 5.41) is 3.32. The predicted molar refractivity (Wildman–Crippen MR) is 64.2 cm³/mol. The van der Waals surface area contributed by atoms with E-state index in [0.29, 0.717) is 0 Å². The van der Waals surface area contributed by atoms with E-state index in [-0.39, 0.29) is 6.04 Å². The van der Waals surface area contributed by atoms with E-state index in [1.807, 2.05) is 30.6 Å². The summed E-state index contributed by atoms with van der Waals surface area (Å²) in [6, 6.07) is 8.66. The highest BCUT2D eigenvalue weighted by Crippen LogP contribution is 2.27. The summed E-state index contributed by atoms with van der Waals surface area (Å²) in [4.78, 5) is 6.83. The van der Waals surface area contributed by atoms with Gasteiger partial charge in [-0.15, -0.1) is 11.3 Å². The molecule has 2 aromatic rings. The Kier molecular flexibility index (Phi) is 3.14. The smallest absolute Gasteiger partial charge is 0.0683 e. The van der Waals surface area contributed by atoms with Crippen LogP contribution in [0.4, 0.5) is 0 Å². The molecule has 0 bridgehead atoms. The van der Waals surface area contributed by atoms with Gasteiger partial charge in [-0.2, -0.15) is 0 Å². The Morgan fingerprint density at radius 2 is 2.20 bits per heavy atom. The van der Waals surface area contributed by atoms with Crippen LogP contribution in [0.1, 0.15) is 21.4 Å². The van der Waals surface area contributed by atoms with Crippen molar-refractivity contribution in [2.24, 2.45) is 0 Å². The summed E-state index contributed by atoms with van der Waals surface area (Å²) in [5.41, 5.74) is 1.21. The second-order valence-corrected chi connectivity index (χ2v) is 4.78. The lowest BCUT2D eigenvalue weighted by molar-refractivity contribution is 0.700. The highest BCUT2D eigenvalue weighted by molar-refractivity contribution is 7.12. The Hall–Kier alpha value is -1.19. The van der Waals surface area contributed by atoms with Crippen LogP contribution in [-0.2, 0) is 0 Å². The van der Waals surface area contributed by atoms with Gasteiger partial charge in [0.2, 0.25) is 0 Å². The predicted octanol–water partition coefficient (Wildman–Crippen LogP) is 2.76. The number of hydrogen-bond donors (Lipinski definition) is 1. The minimum absolute atomic E-state index is 0.261. The zero-order chi connectivity index (χ0) is 10.7. The Morgan fingerprint density at radius 3 is 2.73 bits per heavy atom. The Labute approximate surface area is 94.0 Å². The van der Waals surface area contributed by atoms with E-state index in [1.54, 1.807) is 6.20 Å². The van der Waals surface area contributed by atoms with Gasteiger partial charge in [0.05, 0.1) is 6.04 Å². The first-order chi connectivity index (χ1) is 7.31. The van der Waals surface area contributed by atoms with Crippen LogP contribution in [0.3, 0.4) is 0 Å². The Balaban J connectivity index is 2.33. The van der Waals surface area contributed by atoms with Crippen molar-refractivity contribution in [2.45, 2.75) is 13.0 Å². The highest BCUT2D eigenvalue weighted by atomic mass is 32.1. The fraction of sp³-hybridized carbons (Fsp3) is 0.250. The third-order valence-electron chi connectivity index (χ3n) is 2.35. The van der Waals surface area contributed by atoms with Gasteiger partial charge in [-0.25, -0.2) is 0 Å². The fourth-order valence-electron chi connectivity index (χ4n) is 1.63. The quantitative estimate of drug-likeness (QED) is 0.857. The molecule has 0 aromatic carbocycles. The van der Waals surface area contributed by atoms with Crippen molar-refractivity contribution in [3.63, 3.8) is 0 Å². The minimum Gasteiger partial charge on any atom is -0.309 e. The molecule has 3 heteroatoms. The van der Waals surface area contributed by atoms with Gasteiger partial charge in [0, 0.05) is 22.1 Å². The van der Waals surface area contributed by atoms with E-state index in [4.69, 9.17) is 0 Å². The van der Waals surface area contributed by atoms with E-state index in [0.717, 1.165) is 0 Å². The zero-order valence-corrected chi connectivity index (χ0v) is 9.71. The molecule has 0 fully saturated rings. The topological polar surface area (TPSA) is 24.9 Å². The number of thiophene rings is 1. The molecule has 0 amide bonds. The average Bonchev–Trinajstić information content (AvgIpc) is 2.68. The molecule has 1 atom stereocenters. The standard InChI is InChI=1S/C12H14N2S/c1-9-5-6-11(15-9)12(13-2)10-4-3-7-14-8-10/h3-8,12-13H,1-2H3. The van der Waals surface area contributed by atoms with Gasteiger partial charge < -0.3 is 5.32 Å². The molecule has 0 radical (unpaired) electrons. The molecule has 2 nitrogen and oxygen atoms in total. The van der Waals surface area contributed by atoms with Gasteiger partial charge in [0.1, 0.15) is 0 Å². The number of nitrogens with zero attached hydrogens (tertiary/aromatic N) is 1. The molecule has 0 aliphatic rings. The second kappa shape index (κ2) is 4.55. The summed E-state index contributed by atoms with van der Waals surface area (Å²) in [6.45, 7) is 2.13. The third-order valence-corrected chi connectivity index (χ3v) is 3.42. The van der Waals surface area contributed by atoms with E-state index in [9.17, 15) is 0 Å². The van der Waals surface area contributed by atoms with Crippen molar-refractivity contribution >= 4 is 11.3 Å². The Bertz CT molecular complexity index is 422. The monoisotopic (exact) mass is 218 g/mol. The van der Waals surface area contributed by atoms with Crippen LogP contribution in [-0.4, -0.2) is 12.0 Å². The lowest BCUT2D eigenvalue weighted by Crippen LogP contribution is -2.16. The lowest BCUT2D eigenvalue weighted by Gasteiger charge is -2.14. The normalized spacial score (nSPS) is 12.7. The summed E-state index contributed by atoms with van der Waals surface area (Å²) in [6.07, 6.45) is 3.71. The van der Waals surface area contributed by atoms with Crippen LogP contribution in [0, 0.1) is 6.92 Å². The van der Waals surface area contributed by atoms with Gasteiger partial charge in [-0.3, -0.25) is 4.98 Å². The maximum atomic E-state index is 4.15. The number of pyridine rings is 1. The molecule has 1 N–H and O–H groups in total. The van der Waals surface area contributed by atoms with E-state index in [1.165, 1.54) is 15.3 Å². The maximum absolute atomic E-state index is 4.15. The second-order valence-electron chi connectivity index (χ2n) is 3.46. The molecular weight excluding hydrogens is 204 g/mol. The molecule has 2 heterocycles. The van der Waals surface area contributed by atoms with Crippen molar-refractivity contribution in [3.8, 4) is 0 Å². The van der Waals surface area contributed by atoms with Crippen molar-refractivity contribution in [1.82, 2.24) is 10.3 Å². The summed E-state index contributed by atoms with van der Waals surface area (Å²) < 4.78 is 0. The molecule has 0 saturated carbocycles. The fourth-order valence-corrected chi connectivity index (χ4v) is 2.64. The molecule has 0 saturated heterocycles. The number of aryl methyl sites for hydroxylation is 1. The molecule has 78 valence electrons. The molecule has 2 rings (SSSR count). The summed E-state index contributed by atoms with van der Waals surface area (Å²) in [7, 11) is 1.98. The van der Waals surface area contributed by atoms with Crippen LogP contribution < -0.4 is 5.32 Å². The van der Waals surface area contributed by atoms with Crippen LogP contribution in [0.15, 0.2) is 36.7 Å². The number of hydrogen-bond acceptors (Lipinski definition) is 3. The Morgan fingerprint density at radius 1 is 1.33 bits per heavy atom. The highest BCUT2D eigenvalue weighted by Gasteiger charge is 2.13. The van der Waals surface area contributed by atoms with E-state index < -0.39 is 0 Å². The maximum Gasteiger partial charge on any atom is 0.0683 e. The largest absolute Gasteiger partial charge is 0.309 e. The molecule has 0 aliphatic heterocycles. The van der Waals surface area contributed by atoms with Crippen molar-refractivity contribution in [3.05, 3.63) is 52.0 Å². The molecule has 2 aromatic heterocycles. The van der Waals surface area contributed by atoms with Crippen molar-refractivity contribution in [1.29, 1.82) is 0 Å². The van der Waals surface area contributed by atoms with Gasteiger partial charge >= 0.3 is 0 Å². The lowest BCUT2D eigenvalue weighted by atomic mass is 10.1. The number of aromatic nitrogens is 1. The minimum atomic E-state index is 0.261. The first-order valence-electron chi connectivity index (χ1n) is 4.95. The average molecular weight is 218 g/mol. The number of nitrogens with one attached hydrogen (secondary N) is 1. The first kappa shape index (κ1) is 10.3. The number of rotatable bonds is 3. The molecular formula is C12H14N2S. The summed E-state index contributed by atoms with van der Waals surface area (Å²) >= 11 is 1.82. The molecule has 15 heavy (non-hydrogen) atoms. The van der Waals surface area contributed by atoms with Crippen LogP contribution in [0.2, 0.25) is 0 Å². The van der Waals surface area contributed by atoms with Crippen LogP contribution in [0.25, 0.3) is 0 Å². The zero-order valence-electron chi connectivity index (χ0n) is 8.90. The van der Waals surface area contributed by atoms with E-state index >= 15 is 0 Å². The van der Waals surface area contributed by atoms with Crippen LogP contribution >= 0.6 is 11.3 Å². The van der Waals surface area contributed by atoms with Gasteiger partial charge in [-0.1, -0.05) is 6.07 Å². The van der Waals surface area contributed by atoms with Crippen LogP contribution in [0.5, 0.6) is 0 Å². The third kappa shape index (κ3) is 2.25. The molecule has 0 spiro atoms.